The Labute approximate surface area is 107 Å². The maximum atomic E-state index is 5.60. The van der Waals surface area contributed by atoms with Crippen molar-refractivity contribution in [3.05, 3.63) is 40.6 Å². The molecular weight excluding hydrogens is 286 g/mol. The van der Waals surface area contributed by atoms with Gasteiger partial charge < -0.3 is 10.7 Å². The van der Waals surface area contributed by atoms with Gasteiger partial charge in [-0.05, 0) is 36.7 Å². The van der Waals surface area contributed by atoms with Crippen LogP contribution in [0, 0.1) is 0 Å². The monoisotopic (exact) mass is 297 g/mol. The molecule has 1 heterocycles. The lowest BCUT2D eigenvalue weighted by Gasteiger charge is -2.07. The highest BCUT2D eigenvalue weighted by molar-refractivity contribution is 9.10. The molecule has 3 N–H and O–H groups in total. The Kier molecular flexibility index (Phi) is 4.04. The van der Waals surface area contributed by atoms with E-state index in [0.717, 1.165) is 16.0 Å². The molecule has 0 bridgehead atoms. The second-order valence-electron chi connectivity index (χ2n) is 3.29. The van der Waals surface area contributed by atoms with Crippen molar-refractivity contribution in [2.45, 2.75) is 16.5 Å². The molecule has 0 aliphatic heterocycles. The fraction of sp³-hybridized carbons (Fsp3) is 0.182. The fourth-order valence-corrected chi connectivity index (χ4v) is 2.69. The predicted molar refractivity (Wildman–Crippen MR) is 69.6 cm³/mol. The third-order valence-corrected chi connectivity index (χ3v) is 3.64. The lowest BCUT2D eigenvalue weighted by Crippen LogP contribution is -2.03. The number of hydrogen-bond acceptors (Lipinski definition) is 3. The summed E-state index contributed by atoms with van der Waals surface area (Å²) in [7, 11) is 0. The molecule has 0 amide bonds. The number of nitrogens with zero attached hydrogens (tertiary/aromatic N) is 1. The first-order valence-corrected chi connectivity index (χ1v) is 6.56. The number of aromatic amines is 1. The molecule has 0 saturated heterocycles. The van der Waals surface area contributed by atoms with Crippen LogP contribution in [0.25, 0.3) is 0 Å². The van der Waals surface area contributed by atoms with E-state index in [4.69, 9.17) is 5.73 Å². The van der Waals surface area contributed by atoms with Gasteiger partial charge in [0.05, 0.1) is 0 Å². The van der Waals surface area contributed by atoms with Crippen LogP contribution < -0.4 is 5.73 Å². The molecule has 1 aromatic carbocycles. The Morgan fingerprint density at radius 1 is 1.44 bits per heavy atom. The molecular formula is C11H12BrN3S. The summed E-state index contributed by atoms with van der Waals surface area (Å²) in [5.74, 6) is 0. The molecule has 2 aromatic rings. The van der Waals surface area contributed by atoms with Gasteiger partial charge in [0.25, 0.3) is 0 Å². The fourth-order valence-electron chi connectivity index (χ4n) is 1.41. The summed E-state index contributed by atoms with van der Waals surface area (Å²) >= 11 is 5.10. The van der Waals surface area contributed by atoms with Gasteiger partial charge in [0, 0.05) is 21.8 Å². The summed E-state index contributed by atoms with van der Waals surface area (Å²) in [6, 6.07) is 6.23. The first-order chi connectivity index (χ1) is 7.79. The SMILES string of the molecule is NCCc1cc(Br)ccc1Sc1ncc[nH]1. The molecule has 2 rings (SSSR count). The molecule has 0 radical (unpaired) electrons. The minimum atomic E-state index is 0.655. The van der Waals surface area contributed by atoms with Gasteiger partial charge in [-0.25, -0.2) is 4.98 Å². The second-order valence-corrected chi connectivity index (χ2v) is 5.23. The van der Waals surface area contributed by atoms with E-state index in [1.165, 1.54) is 10.5 Å². The molecule has 0 unspecified atom stereocenters. The van der Waals surface area contributed by atoms with Crippen LogP contribution in [0.5, 0.6) is 0 Å². The third kappa shape index (κ3) is 2.87. The van der Waals surface area contributed by atoms with Crippen LogP contribution >= 0.6 is 27.7 Å². The number of nitrogens with one attached hydrogen (secondary N) is 1. The summed E-state index contributed by atoms with van der Waals surface area (Å²) in [5.41, 5.74) is 6.85. The van der Waals surface area contributed by atoms with Gasteiger partial charge in [0.2, 0.25) is 0 Å². The summed E-state index contributed by atoms with van der Waals surface area (Å²) in [4.78, 5) is 8.48. The van der Waals surface area contributed by atoms with Gasteiger partial charge in [0.15, 0.2) is 5.16 Å². The van der Waals surface area contributed by atoms with E-state index in [-0.39, 0.29) is 0 Å². The van der Waals surface area contributed by atoms with Crippen molar-refractivity contribution in [1.29, 1.82) is 0 Å². The molecule has 0 aliphatic carbocycles. The van der Waals surface area contributed by atoms with Crippen LogP contribution in [-0.4, -0.2) is 16.5 Å². The second kappa shape index (κ2) is 5.52. The summed E-state index contributed by atoms with van der Waals surface area (Å²) in [6.45, 7) is 0.655. The average molecular weight is 298 g/mol. The van der Waals surface area contributed by atoms with E-state index in [2.05, 4.69) is 38.0 Å². The maximum absolute atomic E-state index is 5.60. The zero-order chi connectivity index (χ0) is 11.4. The number of nitrogens with two attached hydrogens (primary N) is 1. The van der Waals surface area contributed by atoms with E-state index in [9.17, 15) is 0 Å². The molecule has 5 heteroatoms. The molecule has 16 heavy (non-hydrogen) atoms. The maximum Gasteiger partial charge on any atom is 0.170 e. The van der Waals surface area contributed by atoms with Crippen molar-refractivity contribution in [2.75, 3.05) is 6.54 Å². The molecule has 0 fully saturated rings. The van der Waals surface area contributed by atoms with Gasteiger partial charge in [-0.2, -0.15) is 0 Å². The number of imidazole rings is 1. The Balaban J connectivity index is 2.25. The summed E-state index contributed by atoms with van der Waals surface area (Å²) in [6.07, 6.45) is 4.45. The van der Waals surface area contributed by atoms with Crippen LogP contribution in [0.1, 0.15) is 5.56 Å². The molecule has 84 valence electrons. The van der Waals surface area contributed by atoms with Crippen LogP contribution in [0.3, 0.4) is 0 Å². The minimum absolute atomic E-state index is 0.655. The van der Waals surface area contributed by atoms with Crippen molar-refractivity contribution in [2.24, 2.45) is 5.73 Å². The number of H-pyrrole nitrogens is 1. The standard InChI is InChI=1S/C11H12BrN3S/c12-9-1-2-10(8(7-9)3-4-13)16-11-14-5-6-15-11/h1-2,5-7H,3-4,13H2,(H,14,15). The number of aromatic nitrogens is 2. The van der Waals surface area contributed by atoms with Gasteiger partial charge >= 0.3 is 0 Å². The van der Waals surface area contributed by atoms with Crippen molar-refractivity contribution in [3.63, 3.8) is 0 Å². The lowest BCUT2D eigenvalue weighted by molar-refractivity contribution is 0.940. The minimum Gasteiger partial charge on any atom is -0.339 e. The first kappa shape index (κ1) is 11.7. The smallest absolute Gasteiger partial charge is 0.170 e. The Hall–Kier alpha value is -0.780. The highest BCUT2D eigenvalue weighted by Gasteiger charge is 2.06. The predicted octanol–water partition coefficient (Wildman–Crippen LogP) is 2.82. The quantitative estimate of drug-likeness (QED) is 0.912. The Morgan fingerprint density at radius 2 is 2.31 bits per heavy atom. The molecule has 0 spiro atoms. The Bertz CT molecular complexity index is 456. The zero-order valence-corrected chi connectivity index (χ0v) is 11.0. The molecule has 0 saturated carbocycles. The van der Waals surface area contributed by atoms with Gasteiger partial charge in [0.1, 0.15) is 0 Å². The molecule has 0 aliphatic rings. The van der Waals surface area contributed by atoms with Crippen molar-refractivity contribution in [3.8, 4) is 0 Å². The van der Waals surface area contributed by atoms with Crippen molar-refractivity contribution in [1.82, 2.24) is 9.97 Å². The lowest BCUT2D eigenvalue weighted by atomic mass is 10.1. The van der Waals surface area contributed by atoms with E-state index in [0.29, 0.717) is 6.54 Å². The van der Waals surface area contributed by atoms with E-state index in [1.807, 2.05) is 12.3 Å². The molecule has 3 nitrogen and oxygen atoms in total. The third-order valence-electron chi connectivity index (χ3n) is 2.12. The van der Waals surface area contributed by atoms with Crippen LogP contribution in [0.4, 0.5) is 0 Å². The number of rotatable bonds is 4. The van der Waals surface area contributed by atoms with Crippen molar-refractivity contribution < 1.29 is 0 Å². The highest BCUT2D eigenvalue weighted by Crippen LogP contribution is 2.30. The summed E-state index contributed by atoms with van der Waals surface area (Å²) < 4.78 is 1.08. The highest BCUT2D eigenvalue weighted by atomic mass is 79.9. The van der Waals surface area contributed by atoms with Gasteiger partial charge in [-0.3, -0.25) is 0 Å². The van der Waals surface area contributed by atoms with E-state index >= 15 is 0 Å². The van der Waals surface area contributed by atoms with Crippen LogP contribution in [-0.2, 0) is 6.42 Å². The number of halogens is 1. The summed E-state index contributed by atoms with van der Waals surface area (Å²) in [5, 5.41) is 0.903. The number of benzene rings is 1. The first-order valence-electron chi connectivity index (χ1n) is 4.95. The van der Waals surface area contributed by atoms with Gasteiger partial charge in [-0.1, -0.05) is 27.7 Å². The largest absolute Gasteiger partial charge is 0.339 e. The zero-order valence-electron chi connectivity index (χ0n) is 8.61. The Morgan fingerprint density at radius 3 is 3.00 bits per heavy atom. The number of hydrogen-bond donors (Lipinski definition) is 2. The van der Waals surface area contributed by atoms with Gasteiger partial charge in [-0.15, -0.1) is 0 Å². The molecule has 0 atom stereocenters. The molecule has 1 aromatic heterocycles. The van der Waals surface area contributed by atoms with Crippen molar-refractivity contribution >= 4 is 27.7 Å². The van der Waals surface area contributed by atoms with E-state index < -0.39 is 0 Å². The topological polar surface area (TPSA) is 54.7 Å². The van der Waals surface area contributed by atoms with Crippen LogP contribution in [0.2, 0.25) is 0 Å². The average Bonchev–Trinajstić information content (AvgIpc) is 2.75. The van der Waals surface area contributed by atoms with Crippen LogP contribution in [0.15, 0.2) is 45.1 Å². The normalized spacial score (nSPS) is 10.6. The van der Waals surface area contributed by atoms with E-state index in [1.54, 1.807) is 18.0 Å².